The fraction of sp³-hybridized carbons (Fsp3) is 0.533. The average Bonchev–Trinajstić information content (AvgIpc) is 3.23. The van der Waals surface area contributed by atoms with E-state index in [-0.39, 0.29) is 18.3 Å². The average molecular weight is 337 g/mol. The summed E-state index contributed by atoms with van der Waals surface area (Å²) in [5, 5.41) is 14.0. The van der Waals surface area contributed by atoms with Crippen LogP contribution in [0.25, 0.3) is 11.0 Å². The minimum atomic E-state index is 0. The van der Waals surface area contributed by atoms with Gasteiger partial charge < -0.3 is 10.2 Å². The summed E-state index contributed by atoms with van der Waals surface area (Å²) < 4.78 is 0. The lowest BCUT2D eigenvalue weighted by molar-refractivity contribution is 0.0773. The quantitative estimate of drug-likeness (QED) is 0.835. The highest BCUT2D eigenvalue weighted by Gasteiger charge is 2.31. The molecule has 124 valence electrons. The van der Waals surface area contributed by atoms with Crippen LogP contribution in [-0.4, -0.2) is 76.4 Å². The highest BCUT2D eigenvalue weighted by atomic mass is 35.5. The van der Waals surface area contributed by atoms with Crippen LogP contribution in [0, 0.1) is 0 Å². The maximum absolute atomic E-state index is 12.7. The Labute approximate surface area is 140 Å². The molecule has 1 aromatic carbocycles. The van der Waals surface area contributed by atoms with E-state index in [1.807, 2.05) is 23.1 Å². The second kappa shape index (κ2) is 6.82. The van der Waals surface area contributed by atoms with Gasteiger partial charge in [-0.2, -0.15) is 15.4 Å². The number of carbonyl (C=O) groups excluding carboxylic acids is 1. The first-order valence-corrected chi connectivity index (χ1v) is 7.86. The van der Waals surface area contributed by atoms with Gasteiger partial charge in [0.1, 0.15) is 11.0 Å². The molecule has 2 aliphatic heterocycles. The van der Waals surface area contributed by atoms with Crippen molar-refractivity contribution < 1.29 is 4.79 Å². The Bertz CT molecular complexity index is 683. The van der Waals surface area contributed by atoms with Gasteiger partial charge in [0.15, 0.2) is 0 Å². The molecule has 2 fully saturated rings. The number of hydrogen-bond donors (Lipinski definition) is 2. The molecule has 1 amide bonds. The number of aromatic nitrogens is 3. The number of H-pyrrole nitrogens is 1. The number of amides is 1. The molecular formula is C15H21ClN6O. The van der Waals surface area contributed by atoms with Gasteiger partial charge in [-0.3, -0.25) is 9.69 Å². The Morgan fingerprint density at radius 3 is 2.74 bits per heavy atom. The number of carbonyl (C=O) groups is 1. The van der Waals surface area contributed by atoms with Crippen LogP contribution in [0.1, 0.15) is 16.8 Å². The molecule has 23 heavy (non-hydrogen) atoms. The SMILES string of the molecule is Cl.O=C(c1ccc2n[nH]nc2c1)N1CCC(N2CCNCC2)C1. The van der Waals surface area contributed by atoms with E-state index < -0.39 is 0 Å². The Kier molecular flexibility index (Phi) is 4.79. The molecule has 0 radical (unpaired) electrons. The van der Waals surface area contributed by atoms with Crippen molar-refractivity contribution in [2.45, 2.75) is 12.5 Å². The minimum absolute atomic E-state index is 0. The summed E-state index contributed by atoms with van der Waals surface area (Å²) in [6.45, 7) is 5.93. The van der Waals surface area contributed by atoms with E-state index in [0.29, 0.717) is 11.6 Å². The van der Waals surface area contributed by atoms with Crippen molar-refractivity contribution in [3.8, 4) is 0 Å². The van der Waals surface area contributed by atoms with Crippen molar-refractivity contribution in [1.82, 2.24) is 30.5 Å². The number of piperazine rings is 1. The van der Waals surface area contributed by atoms with Crippen molar-refractivity contribution in [2.75, 3.05) is 39.3 Å². The summed E-state index contributed by atoms with van der Waals surface area (Å²) in [5.41, 5.74) is 2.22. The topological polar surface area (TPSA) is 77.2 Å². The van der Waals surface area contributed by atoms with Crippen LogP contribution in [0.15, 0.2) is 18.2 Å². The van der Waals surface area contributed by atoms with E-state index in [1.54, 1.807) is 0 Å². The monoisotopic (exact) mass is 336 g/mol. The molecule has 0 bridgehead atoms. The normalized spacial score (nSPS) is 22.3. The third-order valence-corrected chi connectivity index (χ3v) is 4.68. The van der Waals surface area contributed by atoms with E-state index >= 15 is 0 Å². The van der Waals surface area contributed by atoms with E-state index in [0.717, 1.165) is 56.7 Å². The molecule has 1 atom stereocenters. The molecule has 3 heterocycles. The Morgan fingerprint density at radius 2 is 1.91 bits per heavy atom. The van der Waals surface area contributed by atoms with Gasteiger partial charge in [0.2, 0.25) is 0 Å². The van der Waals surface area contributed by atoms with Crippen molar-refractivity contribution >= 4 is 29.3 Å². The molecule has 4 rings (SSSR count). The lowest BCUT2D eigenvalue weighted by atomic mass is 10.1. The molecular weight excluding hydrogens is 316 g/mol. The maximum atomic E-state index is 12.7. The molecule has 2 saturated heterocycles. The third-order valence-electron chi connectivity index (χ3n) is 4.68. The number of nitrogens with one attached hydrogen (secondary N) is 2. The van der Waals surface area contributed by atoms with Gasteiger partial charge in [-0.1, -0.05) is 0 Å². The molecule has 1 unspecified atom stereocenters. The largest absolute Gasteiger partial charge is 0.337 e. The van der Waals surface area contributed by atoms with Gasteiger partial charge in [-0.05, 0) is 24.6 Å². The van der Waals surface area contributed by atoms with Gasteiger partial charge in [0.05, 0.1) is 0 Å². The van der Waals surface area contributed by atoms with Gasteiger partial charge in [0.25, 0.3) is 5.91 Å². The van der Waals surface area contributed by atoms with Crippen LogP contribution in [0.2, 0.25) is 0 Å². The highest BCUT2D eigenvalue weighted by molar-refractivity contribution is 5.97. The Hall–Kier alpha value is -1.70. The van der Waals surface area contributed by atoms with Crippen LogP contribution in [-0.2, 0) is 0 Å². The summed E-state index contributed by atoms with van der Waals surface area (Å²) >= 11 is 0. The molecule has 0 aliphatic carbocycles. The zero-order valence-corrected chi connectivity index (χ0v) is 13.7. The fourth-order valence-electron chi connectivity index (χ4n) is 3.43. The number of halogens is 1. The van der Waals surface area contributed by atoms with E-state index in [4.69, 9.17) is 0 Å². The van der Waals surface area contributed by atoms with Gasteiger partial charge >= 0.3 is 0 Å². The summed E-state index contributed by atoms with van der Waals surface area (Å²) in [6.07, 6.45) is 1.07. The summed E-state index contributed by atoms with van der Waals surface area (Å²) in [4.78, 5) is 17.1. The number of nitrogens with zero attached hydrogens (tertiary/aromatic N) is 4. The number of aromatic amines is 1. The summed E-state index contributed by atoms with van der Waals surface area (Å²) in [7, 11) is 0. The minimum Gasteiger partial charge on any atom is -0.337 e. The summed E-state index contributed by atoms with van der Waals surface area (Å²) in [5.74, 6) is 0.0996. The lowest BCUT2D eigenvalue weighted by Crippen LogP contribution is -2.49. The Balaban J connectivity index is 0.00000156. The smallest absolute Gasteiger partial charge is 0.253 e. The maximum Gasteiger partial charge on any atom is 0.253 e. The second-order valence-corrected chi connectivity index (χ2v) is 6.01. The van der Waals surface area contributed by atoms with Crippen LogP contribution in [0.3, 0.4) is 0 Å². The predicted molar refractivity (Wildman–Crippen MR) is 89.9 cm³/mol. The van der Waals surface area contributed by atoms with Crippen LogP contribution in [0.4, 0.5) is 0 Å². The molecule has 7 nitrogen and oxygen atoms in total. The standard InChI is InChI=1S/C15H20N6O.ClH/c22-15(11-1-2-13-14(9-11)18-19-17-13)21-6-3-12(10-21)20-7-4-16-5-8-20;/h1-2,9,12,16H,3-8,10H2,(H,17,18,19);1H. The van der Waals surface area contributed by atoms with Crippen molar-refractivity contribution in [1.29, 1.82) is 0 Å². The van der Waals surface area contributed by atoms with Crippen molar-refractivity contribution in [3.05, 3.63) is 23.8 Å². The molecule has 2 N–H and O–H groups in total. The lowest BCUT2D eigenvalue weighted by Gasteiger charge is -2.32. The number of rotatable bonds is 2. The number of likely N-dealkylation sites (tertiary alicyclic amines) is 1. The molecule has 2 aliphatic rings. The van der Waals surface area contributed by atoms with E-state index in [2.05, 4.69) is 25.6 Å². The first-order valence-electron chi connectivity index (χ1n) is 7.86. The zero-order valence-electron chi connectivity index (χ0n) is 12.9. The second-order valence-electron chi connectivity index (χ2n) is 6.01. The summed E-state index contributed by atoms with van der Waals surface area (Å²) in [6, 6.07) is 6.00. The molecule has 1 aromatic heterocycles. The number of fused-ring (bicyclic) bond motifs is 1. The van der Waals surface area contributed by atoms with Crippen LogP contribution >= 0.6 is 12.4 Å². The Morgan fingerprint density at radius 1 is 1.13 bits per heavy atom. The highest BCUT2D eigenvalue weighted by Crippen LogP contribution is 2.20. The first-order chi connectivity index (χ1) is 10.8. The molecule has 2 aromatic rings. The molecule has 8 heteroatoms. The number of benzene rings is 1. The van der Waals surface area contributed by atoms with Crippen molar-refractivity contribution in [2.24, 2.45) is 0 Å². The van der Waals surface area contributed by atoms with Crippen LogP contribution in [0.5, 0.6) is 0 Å². The third kappa shape index (κ3) is 3.17. The molecule has 0 spiro atoms. The van der Waals surface area contributed by atoms with Gasteiger partial charge in [-0.25, -0.2) is 0 Å². The van der Waals surface area contributed by atoms with Gasteiger partial charge in [0, 0.05) is 50.9 Å². The van der Waals surface area contributed by atoms with E-state index in [9.17, 15) is 4.79 Å². The van der Waals surface area contributed by atoms with E-state index in [1.165, 1.54) is 0 Å². The fourth-order valence-corrected chi connectivity index (χ4v) is 3.43. The van der Waals surface area contributed by atoms with Crippen molar-refractivity contribution in [3.63, 3.8) is 0 Å². The van der Waals surface area contributed by atoms with Crippen LogP contribution < -0.4 is 5.32 Å². The zero-order chi connectivity index (χ0) is 14.9. The van der Waals surface area contributed by atoms with Gasteiger partial charge in [-0.15, -0.1) is 12.4 Å². The first kappa shape index (κ1) is 16.2. The predicted octanol–water partition coefficient (Wildman–Crippen LogP) is 0.499. The number of hydrogen-bond acceptors (Lipinski definition) is 5. The molecule has 0 saturated carbocycles.